The zero-order valence-electron chi connectivity index (χ0n) is 17.2. The lowest BCUT2D eigenvalue weighted by atomic mass is 10.1. The Morgan fingerprint density at radius 1 is 0.967 bits per heavy atom. The molecule has 3 rings (SSSR count). The van der Waals surface area contributed by atoms with Gasteiger partial charge in [-0.25, -0.2) is 0 Å². The summed E-state index contributed by atoms with van der Waals surface area (Å²) in [6.45, 7) is 8.35. The normalized spacial score (nSPS) is 10.2. The molecule has 3 aromatic carbocycles. The fourth-order valence-corrected chi connectivity index (χ4v) is 2.79. The van der Waals surface area contributed by atoms with Crippen LogP contribution in [0.15, 0.2) is 79.4 Å². The molecule has 0 aliphatic rings. The van der Waals surface area contributed by atoms with Crippen molar-refractivity contribution in [3.8, 4) is 23.0 Å². The number of para-hydroxylation sites is 1. The second-order valence-corrected chi connectivity index (χ2v) is 6.54. The standard InChI is InChI=1S/C25H25NO4/c1-4-16-29-23-15-10-19(17-24(23)28-5-2)25(27)26-20-11-13-21(14-12-20)30-22-9-7-6-8-18(22)3/h4,6-15,17H,1,5,16H2,2-3H3,(H,26,27). The van der Waals surface area contributed by atoms with Crippen LogP contribution in [0.5, 0.6) is 23.0 Å². The Morgan fingerprint density at radius 2 is 1.73 bits per heavy atom. The topological polar surface area (TPSA) is 56.8 Å². The molecule has 1 N–H and O–H groups in total. The average Bonchev–Trinajstić information content (AvgIpc) is 2.76. The summed E-state index contributed by atoms with van der Waals surface area (Å²) in [5.41, 5.74) is 2.20. The lowest BCUT2D eigenvalue weighted by Crippen LogP contribution is -2.12. The lowest BCUT2D eigenvalue weighted by molar-refractivity contribution is 0.102. The van der Waals surface area contributed by atoms with E-state index in [0.29, 0.717) is 41.7 Å². The zero-order valence-corrected chi connectivity index (χ0v) is 17.2. The molecule has 0 saturated heterocycles. The van der Waals surface area contributed by atoms with E-state index in [1.54, 1.807) is 36.4 Å². The fourth-order valence-electron chi connectivity index (χ4n) is 2.79. The highest BCUT2D eigenvalue weighted by Crippen LogP contribution is 2.29. The van der Waals surface area contributed by atoms with Crippen LogP contribution in [0.1, 0.15) is 22.8 Å². The first kappa shape index (κ1) is 21.0. The number of amides is 1. The van der Waals surface area contributed by atoms with Crippen molar-refractivity contribution < 1.29 is 19.0 Å². The number of carbonyl (C=O) groups is 1. The number of aryl methyl sites for hydroxylation is 1. The molecule has 0 unspecified atom stereocenters. The number of nitrogens with one attached hydrogen (secondary N) is 1. The zero-order chi connectivity index (χ0) is 21.3. The average molecular weight is 403 g/mol. The number of rotatable bonds is 9. The molecule has 154 valence electrons. The van der Waals surface area contributed by atoms with E-state index in [2.05, 4.69) is 11.9 Å². The van der Waals surface area contributed by atoms with Gasteiger partial charge in [0.1, 0.15) is 18.1 Å². The maximum Gasteiger partial charge on any atom is 0.255 e. The molecule has 0 heterocycles. The van der Waals surface area contributed by atoms with Crippen molar-refractivity contribution in [2.24, 2.45) is 0 Å². The maximum atomic E-state index is 12.7. The Kier molecular flexibility index (Phi) is 7.11. The van der Waals surface area contributed by atoms with E-state index in [1.165, 1.54) is 0 Å². The van der Waals surface area contributed by atoms with E-state index in [-0.39, 0.29) is 5.91 Å². The van der Waals surface area contributed by atoms with Crippen LogP contribution in [0.25, 0.3) is 0 Å². The smallest absolute Gasteiger partial charge is 0.255 e. The minimum absolute atomic E-state index is 0.237. The van der Waals surface area contributed by atoms with Crippen molar-refractivity contribution >= 4 is 11.6 Å². The highest BCUT2D eigenvalue weighted by molar-refractivity contribution is 6.04. The van der Waals surface area contributed by atoms with Crippen LogP contribution in [0.2, 0.25) is 0 Å². The molecule has 30 heavy (non-hydrogen) atoms. The summed E-state index contributed by atoms with van der Waals surface area (Å²) < 4.78 is 17.1. The van der Waals surface area contributed by atoms with Crippen molar-refractivity contribution in [1.82, 2.24) is 0 Å². The van der Waals surface area contributed by atoms with Crippen LogP contribution in [-0.4, -0.2) is 19.1 Å². The van der Waals surface area contributed by atoms with Gasteiger partial charge in [0.05, 0.1) is 6.61 Å². The fraction of sp³-hybridized carbons (Fsp3) is 0.160. The molecule has 0 aromatic heterocycles. The van der Waals surface area contributed by atoms with Gasteiger partial charge in [0.2, 0.25) is 0 Å². The Morgan fingerprint density at radius 3 is 2.43 bits per heavy atom. The Hall–Kier alpha value is -3.73. The first-order chi connectivity index (χ1) is 14.6. The molecule has 5 heteroatoms. The number of ether oxygens (including phenoxy) is 3. The molecular formula is C25H25NO4. The highest BCUT2D eigenvalue weighted by atomic mass is 16.5. The quantitative estimate of drug-likeness (QED) is 0.445. The molecule has 1 amide bonds. The number of benzene rings is 3. The van der Waals surface area contributed by atoms with Crippen LogP contribution >= 0.6 is 0 Å². The Labute approximate surface area is 176 Å². The van der Waals surface area contributed by atoms with Crippen LogP contribution in [0.3, 0.4) is 0 Å². The van der Waals surface area contributed by atoms with E-state index in [9.17, 15) is 4.79 Å². The Balaban J connectivity index is 1.68. The number of carbonyl (C=O) groups excluding carboxylic acids is 1. The molecule has 0 bridgehead atoms. The van der Waals surface area contributed by atoms with Crippen molar-refractivity contribution in [1.29, 1.82) is 0 Å². The van der Waals surface area contributed by atoms with Gasteiger partial charge in [-0.1, -0.05) is 30.9 Å². The van der Waals surface area contributed by atoms with Gasteiger partial charge in [-0.3, -0.25) is 4.79 Å². The second-order valence-electron chi connectivity index (χ2n) is 6.54. The Bertz CT molecular complexity index is 1010. The molecule has 0 fully saturated rings. The predicted octanol–water partition coefficient (Wildman–Crippen LogP) is 6.00. The van der Waals surface area contributed by atoms with Crippen molar-refractivity contribution in [2.45, 2.75) is 13.8 Å². The first-order valence-corrected chi connectivity index (χ1v) is 9.76. The van der Waals surface area contributed by atoms with Crippen molar-refractivity contribution in [3.63, 3.8) is 0 Å². The lowest BCUT2D eigenvalue weighted by Gasteiger charge is -2.13. The van der Waals surface area contributed by atoms with E-state index in [0.717, 1.165) is 11.3 Å². The van der Waals surface area contributed by atoms with Gasteiger partial charge in [0.25, 0.3) is 5.91 Å². The summed E-state index contributed by atoms with van der Waals surface area (Å²) in [5, 5.41) is 2.89. The van der Waals surface area contributed by atoms with Crippen LogP contribution in [0, 0.1) is 6.92 Å². The van der Waals surface area contributed by atoms with Crippen LogP contribution in [-0.2, 0) is 0 Å². The maximum absolute atomic E-state index is 12.7. The summed E-state index contributed by atoms with van der Waals surface area (Å²) in [7, 11) is 0. The monoisotopic (exact) mass is 403 g/mol. The SMILES string of the molecule is C=CCOc1ccc(C(=O)Nc2ccc(Oc3ccccc3C)cc2)cc1OCC. The summed E-state index contributed by atoms with van der Waals surface area (Å²) in [5.74, 6) is 2.36. The number of hydrogen-bond donors (Lipinski definition) is 1. The van der Waals surface area contributed by atoms with Gasteiger partial charge in [-0.15, -0.1) is 0 Å². The third-order valence-electron chi connectivity index (χ3n) is 4.30. The van der Waals surface area contributed by atoms with Gasteiger partial charge >= 0.3 is 0 Å². The molecule has 0 atom stereocenters. The molecule has 0 saturated carbocycles. The molecule has 0 spiro atoms. The molecule has 3 aromatic rings. The highest BCUT2D eigenvalue weighted by Gasteiger charge is 2.12. The van der Waals surface area contributed by atoms with Crippen molar-refractivity contribution in [3.05, 3.63) is 90.5 Å². The van der Waals surface area contributed by atoms with Gasteiger partial charge in [-0.2, -0.15) is 0 Å². The summed E-state index contributed by atoms with van der Waals surface area (Å²) >= 11 is 0. The number of anilines is 1. The van der Waals surface area contributed by atoms with E-state index < -0.39 is 0 Å². The largest absolute Gasteiger partial charge is 0.490 e. The molecule has 5 nitrogen and oxygen atoms in total. The van der Waals surface area contributed by atoms with E-state index in [1.807, 2.05) is 50.2 Å². The van der Waals surface area contributed by atoms with E-state index in [4.69, 9.17) is 14.2 Å². The molecule has 0 radical (unpaired) electrons. The molecular weight excluding hydrogens is 378 g/mol. The molecule has 0 aliphatic carbocycles. The van der Waals surface area contributed by atoms with Crippen molar-refractivity contribution in [2.75, 3.05) is 18.5 Å². The predicted molar refractivity (Wildman–Crippen MR) is 119 cm³/mol. The summed E-state index contributed by atoms with van der Waals surface area (Å²) in [4.78, 5) is 12.7. The summed E-state index contributed by atoms with van der Waals surface area (Å²) in [6, 6.07) is 20.2. The first-order valence-electron chi connectivity index (χ1n) is 9.76. The third-order valence-corrected chi connectivity index (χ3v) is 4.30. The van der Waals surface area contributed by atoms with Crippen LogP contribution < -0.4 is 19.5 Å². The minimum Gasteiger partial charge on any atom is -0.490 e. The molecule has 0 aliphatic heterocycles. The second kappa shape index (κ2) is 10.2. The number of hydrogen-bond acceptors (Lipinski definition) is 4. The van der Waals surface area contributed by atoms with Gasteiger partial charge < -0.3 is 19.5 Å². The summed E-state index contributed by atoms with van der Waals surface area (Å²) in [6.07, 6.45) is 1.66. The van der Waals surface area contributed by atoms with Gasteiger partial charge in [0, 0.05) is 11.3 Å². The van der Waals surface area contributed by atoms with Crippen LogP contribution in [0.4, 0.5) is 5.69 Å². The van der Waals surface area contributed by atoms with Gasteiger partial charge in [-0.05, 0) is 67.9 Å². The minimum atomic E-state index is -0.237. The third kappa shape index (κ3) is 5.41. The van der Waals surface area contributed by atoms with Gasteiger partial charge in [0.15, 0.2) is 11.5 Å². The van der Waals surface area contributed by atoms with E-state index >= 15 is 0 Å².